The molecule has 1 aliphatic carbocycles. The zero-order valence-electron chi connectivity index (χ0n) is 17.9. The third-order valence-corrected chi connectivity index (χ3v) is 6.55. The SMILES string of the molecule is O=C(NC1CCCCC1)N[C@H]1CO[C@H]2[C@H]1OC[C@@H]2OC(=O)Nc1cccc2ccccc12. The fraction of sp³-hybridized carbons (Fsp3) is 0.500. The molecule has 0 spiro atoms. The summed E-state index contributed by atoms with van der Waals surface area (Å²) in [6, 6.07) is 13.3. The molecule has 32 heavy (non-hydrogen) atoms. The Morgan fingerprint density at radius 2 is 1.66 bits per heavy atom. The summed E-state index contributed by atoms with van der Waals surface area (Å²) >= 11 is 0. The summed E-state index contributed by atoms with van der Waals surface area (Å²) in [7, 11) is 0. The molecule has 4 atom stereocenters. The summed E-state index contributed by atoms with van der Waals surface area (Å²) in [5.74, 6) is 0. The average molecular weight is 440 g/mol. The highest BCUT2D eigenvalue weighted by Gasteiger charge is 2.50. The molecule has 0 aromatic heterocycles. The molecule has 3 amide bonds. The summed E-state index contributed by atoms with van der Waals surface area (Å²) in [6.07, 6.45) is 3.81. The molecule has 0 unspecified atom stereocenters. The zero-order valence-corrected chi connectivity index (χ0v) is 17.9. The Balaban J connectivity index is 1.14. The van der Waals surface area contributed by atoms with Gasteiger partial charge >= 0.3 is 12.1 Å². The molecule has 8 heteroatoms. The van der Waals surface area contributed by atoms with Crippen LogP contribution in [-0.4, -0.2) is 55.7 Å². The standard InChI is InChI=1S/C24H29N3O5/c28-23(25-16-9-2-1-3-10-16)26-19-13-30-22-20(14-31-21(19)22)32-24(29)27-18-12-6-8-15-7-4-5-11-17(15)18/h4-8,11-12,16,19-22H,1-3,9-10,13-14H2,(H,27,29)(H2,25,26,28)/t19-,20-,21-,22+/m0/s1. The molecule has 3 aliphatic rings. The van der Waals surface area contributed by atoms with Gasteiger partial charge in [0.25, 0.3) is 0 Å². The van der Waals surface area contributed by atoms with Crippen LogP contribution >= 0.6 is 0 Å². The molecule has 3 N–H and O–H groups in total. The molecule has 2 aromatic rings. The topological polar surface area (TPSA) is 97.9 Å². The quantitative estimate of drug-likeness (QED) is 0.677. The monoisotopic (exact) mass is 439 g/mol. The van der Waals surface area contributed by atoms with E-state index in [9.17, 15) is 9.59 Å². The second kappa shape index (κ2) is 9.34. The predicted molar refractivity (Wildman–Crippen MR) is 120 cm³/mol. The van der Waals surface area contributed by atoms with E-state index in [0.29, 0.717) is 12.3 Å². The smallest absolute Gasteiger partial charge is 0.412 e. The molecule has 0 radical (unpaired) electrons. The number of ether oxygens (including phenoxy) is 3. The number of hydrogen-bond donors (Lipinski definition) is 3. The minimum atomic E-state index is -0.550. The Labute approximate surface area is 187 Å². The lowest BCUT2D eigenvalue weighted by Crippen LogP contribution is -2.51. The van der Waals surface area contributed by atoms with E-state index >= 15 is 0 Å². The highest BCUT2D eigenvalue weighted by Crippen LogP contribution is 2.30. The van der Waals surface area contributed by atoms with Gasteiger partial charge in [0.15, 0.2) is 6.10 Å². The van der Waals surface area contributed by atoms with Crippen molar-refractivity contribution >= 4 is 28.6 Å². The minimum absolute atomic E-state index is 0.187. The maximum atomic E-state index is 12.6. The summed E-state index contributed by atoms with van der Waals surface area (Å²) in [6.45, 7) is 0.568. The number of nitrogens with one attached hydrogen (secondary N) is 3. The molecule has 0 bridgehead atoms. The Morgan fingerprint density at radius 3 is 2.53 bits per heavy atom. The maximum Gasteiger partial charge on any atom is 0.412 e. The first-order chi connectivity index (χ1) is 15.7. The van der Waals surface area contributed by atoms with Crippen molar-refractivity contribution in [3.63, 3.8) is 0 Å². The van der Waals surface area contributed by atoms with E-state index in [2.05, 4.69) is 16.0 Å². The first kappa shape index (κ1) is 21.0. The normalized spacial score (nSPS) is 27.6. The summed E-state index contributed by atoms with van der Waals surface area (Å²) in [4.78, 5) is 25.0. The van der Waals surface area contributed by atoms with E-state index in [1.165, 1.54) is 6.42 Å². The van der Waals surface area contributed by atoms with Crippen LogP contribution in [0, 0.1) is 0 Å². The second-order valence-electron chi connectivity index (χ2n) is 8.75. The number of urea groups is 1. The van der Waals surface area contributed by atoms with Gasteiger partial charge in [-0.2, -0.15) is 0 Å². The van der Waals surface area contributed by atoms with Crippen molar-refractivity contribution < 1.29 is 23.8 Å². The fourth-order valence-electron chi connectivity index (χ4n) is 4.94. The Kier molecular flexibility index (Phi) is 6.14. The number of anilines is 1. The minimum Gasteiger partial charge on any atom is -0.441 e. The van der Waals surface area contributed by atoms with Crippen molar-refractivity contribution in [2.45, 2.75) is 62.5 Å². The molecule has 2 heterocycles. The average Bonchev–Trinajstić information content (AvgIpc) is 3.38. The number of rotatable bonds is 4. The molecule has 3 fully saturated rings. The van der Waals surface area contributed by atoms with Gasteiger partial charge in [0.05, 0.1) is 24.9 Å². The summed E-state index contributed by atoms with van der Waals surface area (Å²) in [5.41, 5.74) is 0.690. The van der Waals surface area contributed by atoms with Crippen LogP contribution in [0.4, 0.5) is 15.3 Å². The third kappa shape index (κ3) is 4.52. The van der Waals surface area contributed by atoms with Crippen molar-refractivity contribution in [2.75, 3.05) is 18.5 Å². The molecule has 1 saturated carbocycles. The van der Waals surface area contributed by atoms with Crippen LogP contribution in [0.25, 0.3) is 10.8 Å². The van der Waals surface area contributed by atoms with Crippen LogP contribution in [0.2, 0.25) is 0 Å². The molecular formula is C24H29N3O5. The van der Waals surface area contributed by atoms with Crippen LogP contribution in [0.3, 0.4) is 0 Å². The molecule has 2 saturated heterocycles. The van der Waals surface area contributed by atoms with Gasteiger partial charge in [-0.1, -0.05) is 55.7 Å². The lowest BCUT2D eigenvalue weighted by Gasteiger charge is -2.24. The van der Waals surface area contributed by atoms with E-state index < -0.39 is 18.3 Å². The Bertz CT molecular complexity index is 972. The van der Waals surface area contributed by atoms with Crippen LogP contribution in [-0.2, 0) is 14.2 Å². The van der Waals surface area contributed by atoms with Gasteiger partial charge < -0.3 is 24.8 Å². The highest BCUT2D eigenvalue weighted by molar-refractivity contribution is 6.00. The number of amides is 3. The summed E-state index contributed by atoms with van der Waals surface area (Å²) < 4.78 is 17.3. The van der Waals surface area contributed by atoms with E-state index in [4.69, 9.17) is 14.2 Å². The number of fused-ring (bicyclic) bond motifs is 2. The lowest BCUT2D eigenvalue weighted by molar-refractivity contribution is 0.00872. The van der Waals surface area contributed by atoms with Gasteiger partial charge in [-0.05, 0) is 24.3 Å². The van der Waals surface area contributed by atoms with Crippen LogP contribution in [0.15, 0.2) is 42.5 Å². The van der Waals surface area contributed by atoms with Crippen molar-refractivity contribution in [1.82, 2.24) is 10.6 Å². The zero-order chi connectivity index (χ0) is 21.9. The Hall–Kier alpha value is -2.84. The van der Waals surface area contributed by atoms with Gasteiger partial charge in [-0.15, -0.1) is 0 Å². The summed E-state index contributed by atoms with van der Waals surface area (Å²) in [5, 5.41) is 10.8. The second-order valence-corrected chi connectivity index (χ2v) is 8.75. The van der Waals surface area contributed by atoms with Gasteiger partial charge in [-0.25, -0.2) is 9.59 Å². The third-order valence-electron chi connectivity index (χ3n) is 6.55. The van der Waals surface area contributed by atoms with Crippen LogP contribution in [0.5, 0.6) is 0 Å². The number of carbonyl (C=O) groups is 2. The largest absolute Gasteiger partial charge is 0.441 e. The maximum absolute atomic E-state index is 12.6. The van der Waals surface area contributed by atoms with Crippen LogP contribution < -0.4 is 16.0 Å². The molecular weight excluding hydrogens is 410 g/mol. The first-order valence-electron chi connectivity index (χ1n) is 11.4. The molecule has 8 nitrogen and oxygen atoms in total. The van der Waals surface area contributed by atoms with E-state index in [-0.39, 0.29) is 30.8 Å². The predicted octanol–water partition coefficient (Wildman–Crippen LogP) is 3.56. The van der Waals surface area contributed by atoms with E-state index in [1.807, 2.05) is 42.5 Å². The highest BCUT2D eigenvalue weighted by atomic mass is 16.6. The van der Waals surface area contributed by atoms with Gasteiger partial charge in [-0.3, -0.25) is 5.32 Å². The van der Waals surface area contributed by atoms with Crippen molar-refractivity contribution in [1.29, 1.82) is 0 Å². The van der Waals surface area contributed by atoms with Crippen molar-refractivity contribution in [2.24, 2.45) is 0 Å². The fourth-order valence-corrected chi connectivity index (χ4v) is 4.94. The van der Waals surface area contributed by atoms with E-state index in [0.717, 1.165) is 36.5 Å². The van der Waals surface area contributed by atoms with Crippen molar-refractivity contribution in [3.8, 4) is 0 Å². The first-order valence-corrected chi connectivity index (χ1v) is 11.4. The molecule has 170 valence electrons. The number of hydrogen-bond acceptors (Lipinski definition) is 5. The number of carbonyl (C=O) groups excluding carboxylic acids is 2. The van der Waals surface area contributed by atoms with Gasteiger partial charge in [0, 0.05) is 11.4 Å². The number of benzene rings is 2. The van der Waals surface area contributed by atoms with Gasteiger partial charge in [0.2, 0.25) is 0 Å². The molecule has 5 rings (SSSR count). The van der Waals surface area contributed by atoms with Gasteiger partial charge in [0.1, 0.15) is 12.2 Å². The molecule has 2 aliphatic heterocycles. The van der Waals surface area contributed by atoms with Crippen molar-refractivity contribution in [3.05, 3.63) is 42.5 Å². The molecule has 2 aromatic carbocycles. The van der Waals surface area contributed by atoms with E-state index in [1.54, 1.807) is 0 Å². The van der Waals surface area contributed by atoms with Crippen LogP contribution in [0.1, 0.15) is 32.1 Å². The lowest BCUT2D eigenvalue weighted by atomic mass is 9.96. The Morgan fingerprint density at radius 1 is 0.875 bits per heavy atom.